The van der Waals surface area contributed by atoms with E-state index in [0.717, 1.165) is 79.2 Å². The molecule has 1 fully saturated rings. The fraction of sp³-hybridized carbons (Fsp3) is 0.382. The molecule has 0 saturated carbocycles. The zero-order valence-corrected chi connectivity index (χ0v) is 24.8. The van der Waals surface area contributed by atoms with Crippen molar-refractivity contribution in [2.45, 2.75) is 51.5 Å². The molecule has 220 valence electrons. The monoisotopic (exact) mass is 587 g/mol. The quantitative estimate of drug-likeness (QED) is 0.349. The summed E-state index contributed by atoms with van der Waals surface area (Å²) in [6.07, 6.45) is 11.8. The highest BCUT2D eigenvalue weighted by Gasteiger charge is 2.19. The SMILES string of the molecule is N=c1n(CCCOC2=CCC(F)C=C2)c2c(n1Cc1ccc(CN3CCN(c4ccccc4Cl)CC3)cc1)=CCCC=2. The number of piperazine rings is 1. The van der Waals surface area contributed by atoms with E-state index in [2.05, 4.69) is 61.4 Å². The fourth-order valence-corrected chi connectivity index (χ4v) is 6.30. The largest absolute Gasteiger partial charge is 0.494 e. The summed E-state index contributed by atoms with van der Waals surface area (Å²) < 4.78 is 23.4. The van der Waals surface area contributed by atoms with Gasteiger partial charge in [0.2, 0.25) is 5.62 Å². The Balaban J connectivity index is 1.06. The molecule has 2 aromatic carbocycles. The number of hydrogen-bond donors (Lipinski definition) is 1. The van der Waals surface area contributed by atoms with Crippen molar-refractivity contribution < 1.29 is 9.13 Å². The fourth-order valence-electron chi connectivity index (χ4n) is 6.05. The van der Waals surface area contributed by atoms with Crippen molar-refractivity contribution in [3.8, 4) is 0 Å². The number of alkyl halides is 1. The molecule has 0 bridgehead atoms. The van der Waals surface area contributed by atoms with Crippen LogP contribution in [0, 0.1) is 5.41 Å². The average Bonchev–Trinajstić information content (AvgIpc) is 3.28. The van der Waals surface area contributed by atoms with Gasteiger partial charge in [-0.3, -0.25) is 10.3 Å². The second-order valence-electron chi connectivity index (χ2n) is 11.3. The minimum Gasteiger partial charge on any atom is -0.494 e. The second kappa shape index (κ2) is 13.2. The molecule has 3 aromatic rings. The highest BCUT2D eigenvalue weighted by molar-refractivity contribution is 6.33. The number of ether oxygens (including phenoxy) is 1. The number of rotatable bonds is 10. The molecule has 42 heavy (non-hydrogen) atoms. The molecular formula is C34H39ClFN5O. The maximum atomic E-state index is 13.3. The van der Waals surface area contributed by atoms with E-state index < -0.39 is 6.17 Å². The number of imidazole rings is 1. The average molecular weight is 588 g/mol. The smallest absolute Gasteiger partial charge is 0.203 e. The van der Waals surface area contributed by atoms with Crippen LogP contribution in [-0.4, -0.2) is 53.0 Å². The highest BCUT2D eigenvalue weighted by atomic mass is 35.5. The summed E-state index contributed by atoms with van der Waals surface area (Å²) in [7, 11) is 0. The van der Waals surface area contributed by atoms with Gasteiger partial charge in [0.15, 0.2) is 0 Å². The van der Waals surface area contributed by atoms with Crippen LogP contribution in [0.25, 0.3) is 12.2 Å². The van der Waals surface area contributed by atoms with E-state index in [1.54, 1.807) is 12.2 Å². The number of nitrogens with zero attached hydrogens (tertiary/aromatic N) is 4. The third-order valence-corrected chi connectivity index (χ3v) is 8.66. The van der Waals surface area contributed by atoms with E-state index in [1.165, 1.54) is 11.1 Å². The van der Waals surface area contributed by atoms with Crippen molar-refractivity contribution in [1.29, 1.82) is 5.41 Å². The maximum Gasteiger partial charge on any atom is 0.203 e. The highest BCUT2D eigenvalue weighted by Crippen LogP contribution is 2.26. The van der Waals surface area contributed by atoms with E-state index in [1.807, 2.05) is 24.3 Å². The Morgan fingerprint density at radius 2 is 1.55 bits per heavy atom. The van der Waals surface area contributed by atoms with E-state index in [9.17, 15) is 4.39 Å². The van der Waals surface area contributed by atoms with E-state index >= 15 is 0 Å². The lowest BCUT2D eigenvalue weighted by atomic mass is 10.1. The molecule has 2 aliphatic carbocycles. The number of anilines is 1. The molecule has 0 spiro atoms. The van der Waals surface area contributed by atoms with Gasteiger partial charge in [0.05, 0.1) is 34.6 Å². The Morgan fingerprint density at radius 1 is 0.857 bits per heavy atom. The Kier molecular flexibility index (Phi) is 8.96. The summed E-state index contributed by atoms with van der Waals surface area (Å²) in [5, 5.41) is 12.1. The van der Waals surface area contributed by atoms with Gasteiger partial charge in [-0.1, -0.05) is 60.2 Å². The van der Waals surface area contributed by atoms with Gasteiger partial charge in [0, 0.05) is 45.7 Å². The van der Waals surface area contributed by atoms with Crippen molar-refractivity contribution in [3.63, 3.8) is 0 Å². The number of hydrogen-bond acceptors (Lipinski definition) is 4. The van der Waals surface area contributed by atoms with Crippen LogP contribution in [0.2, 0.25) is 5.02 Å². The standard InChI is InChI=1S/C34H39ClFN5O/c35-30-6-1-2-7-31(30)39-21-19-38(20-22-39)24-26-10-12-27(13-11-26)25-41-33-9-4-3-8-32(33)40(34(41)37)18-5-23-42-29-16-14-28(36)15-17-29/h1-2,6-14,16-17,28,37H,3-5,15,18-25H2. The Hall–Kier alpha value is -3.55. The third-order valence-electron chi connectivity index (χ3n) is 8.34. The van der Waals surface area contributed by atoms with E-state index in [4.69, 9.17) is 21.7 Å². The third kappa shape index (κ3) is 6.58. The van der Waals surface area contributed by atoms with Crippen LogP contribution in [-0.2, 0) is 24.4 Å². The molecule has 1 atom stereocenters. The van der Waals surface area contributed by atoms with Crippen molar-refractivity contribution in [1.82, 2.24) is 14.0 Å². The van der Waals surface area contributed by atoms with E-state index in [0.29, 0.717) is 31.7 Å². The predicted molar refractivity (Wildman–Crippen MR) is 167 cm³/mol. The van der Waals surface area contributed by atoms with Crippen LogP contribution in [0.1, 0.15) is 36.8 Å². The molecule has 1 unspecified atom stereocenters. The molecule has 8 heteroatoms. The van der Waals surface area contributed by atoms with Crippen LogP contribution in [0.5, 0.6) is 0 Å². The summed E-state index contributed by atoms with van der Waals surface area (Å²) in [5.41, 5.74) is 4.16. The summed E-state index contributed by atoms with van der Waals surface area (Å²) in [6, 6.07) is 17.0. The number of fused-ring (bicyclic) bond motifs is 1. The molecule has 0 amide bonds. The lowest BCUT2D eigenvalue weighted by Gasteiger charge is -2.36. The zero-order valence-electron chi connectivity index (χ0n) is 24.0. The van der Waals surface area contributed by atoms with Crippen LogP contribution in [0.4, 0.5) is 10.1 Å². The molecule has 2 heterocycles. The number of halogens is 2. The summed E-state index contributed by atoms with van der Waals surface area (Å²) >= 11 is 6.41. The predicted octanol–water partition coefficient (Wildman–Crippen LogP) is 4.74. The first-order chi connectivity index (χ1) is 20.5. The van der Waals surface area contributed by atoms with Crippen LogP contribution >= 0.6 is 11.6 Å². The molecule has 1 aromatic heterocycles. The Morgan fingerprint density at radius 3 is 2.24 bits per heavy atom. The molecule has 0 radical (unpaired) electrons. The number of nitrogens with one attached hydrogen (secondary N) is 1. The van der Waals surface area contributed by atoms with Gasteiger partial charge in [0.25, 0.3) is 0 Å². The normalized spacial score (nSPS) is 18.7. The zero-order chi connectivity index (χ0) is 28.9. The lowest BCUT2D eigenvalue weighted by molar-refractivity contribution is 0.209. The van der Waals surface area contributed by atoms with Gasteiger partial charge in [-0.15, -0.1) is 0 Å². The first kappa shape index (κ1) is 28.6. The topological polar surface area (TPSA) is 49.4 Å². The van der Waals surface area contributed by atoms with Crippen molar-refractivity contribution in [2.75, 3.05) is 37.7 Å². The van der Waals surface area contributed by atoms with E-state index in [-0.39, 0.29) is 0 Å². The van der Waals surface area contributed by atoms with Gasteiger partial charge < -0.3 is 18.8 Å². The summed E-state index contributed by atoms with van der Waals surface area (Å²) in [6.45, 7) is 6.83. The number of benzene rings is 2. The first-order valence-electron chi connectivity index (χ1n) is 15.0. The number of aromatic nitrogens is 2. The van der Waals surface area contributed by atoms with Crippen LogP contribution in [0.15, 0.2) is 72.5 Å². The van der Waals surface area contributed by atoms with Crippen LogP contribution < -0.4 is 21.2 Å². The number of allylic oxidation sites excluding steroid dienone is 3. The van der Waals surface area contributed by atoms with Gasteiger partial charge in [0.1, 0.15) is 11.9 Å². The Labute approximate surface area is 251 Å². The minimum absolute atomic E-state index is 0.376. The molecule has 6 nitrogen and oxygen atoms in total. The molecule has 1 aliphatic heterocycles. The van der Waals surface area contributed by atoms with Crippen LogP contribution in [0.3, 0.4) is 0 Å². The maximum absolute atomic E-state index is 13.3. The minimum atomic E-state index is -0.908. The summed E-state index contributed by atoms with van der Waals surface area (Å²) in [5.74, 6) is 0.738. The molecule has 6 rings (SSSR count). The molecular weight excluding hydrogens is 549 g/mol. The van der Waals surface area contributed by atoms with Gasteiger partial charge in [-0.2, -0.15) is 0 Å². The van der Waals surface area contributed by atoms with Crippen molar-refractivity contribution in [3.05, 3.63) is 105 Å². The lowest BCUT2D eigenvalue weighted by Crippen LogP contribution is -2.46. The number of para-hydroxylation sites is 1. The van der Waals surface area contributed by atoms with Gasteiger partial charge in [-0.25, -0.2) is 4.39 Å². The van der Waals surface area contributed by atoms with Crippen molar-refractivity contribution >= 4 is 29.4 Å². The molecule has 3 aliphatic rings. The van der Waals surface area contributed by atoms with Gasteiger partial charge >= 0.3 is 0 Å². The molecule has 1 saturated heterocycles. The first-order valence-corrected chi connectivity index (χ1v) is 15.4. The molecule has 1 N–H and O–H groups in total. The van der Waals surface area contributed by atoms with Gasteiger partial charge in [-0.05, 0) is 60.8 Å². The second-order valence-corrected chi connectivity index (χ2v) is 11.7. The summed E-state index contributed by atoms with van der Waals surface area (Å²) in [4.78, 5) is 4.88. The van der Waals surface area contributed by atoms with Crippen molar-refractivity contribution in [2.24, 2.45) is 0 Å². The Bertz CT molecular complexity index is 1630.